The first kappa shape index (κ1) is 10.7. The Hall–Kier alpha value is -0.380. The van der Waals surface area contributed by atoms with Crippen molar-refractivity contribution in [2.75, 3.05) is 19.6 Å². The number of piperidine rings is 1. The van der Waals surface area contributed by atoms with Gasteiger partial charge in [-0.15, -0.1) is 0 Å². The van der Waals surface area contributed by atoms with Crippen LogP contribution in [0.25, 0.3) is 0 Å². The standard InChI is InChI=1S/C9H14ClNO2/c10-9(13)2-1-5-11-6-3-8(12)4-7-11/h1-2,8,12H,3-7H2/b2-1+. The van der Waals surface area contributed by atoms with Gasteiger partial charge in [-0.05, 0) is 30.5 Å². The third-order valence-electron chi connectivity index (χ3n) is 2.17. The van der Waals surface area contributed by atoms with E-state index in [4.69, 9.17) is 11.6 Å². The number of aliphatic hydroxyl groups excluding tert-OH is 1. The quantitative estimate of drug-likeness (QED) is 0.544. The molecule has 1 heterocycles. The van der Waals surface area contributed by atoms with E-state index in [1.54, 1.807) is 6.08 Å². The first-order chi connectivity index (χ1) is 6.18. The highest BCUT2D eigenvalue weighted by Gasteiger charge is 2.15. The molecule has 1 saturated heterocycles. The second kappa shape index (κ2) is 5.37. The molecule has 0 atom stereocenters. The normalized spacial score (nSPS) is 21.1. The molecule has 0 unspecified atom stereocenters. The van der Waals surface area contributed by atoms with Crippen LogP contribution < -0.4 is 0 Å². The van der Waals surface area contributed by atoms with E-state index in [1.807, 2.05) is 0 Å². The van der Waals surface area contributed by atoms with Gasteiger partial charge in [0.1, 0.15) is 0 Å². The zero-order chi connectivity index (χ0) is 9.68. The van der Waals surface area contributed by atoms with Crippen LogP contribution in [0.2, 0.25) is 0 Å². The fourth-order valence-electron chi connectivity index (χ4n) is 1.40. The molecule has 13 heavy (non-hydrogen) atoms. The van der Waals surface area contributed by atoms with Gasteiger partial charge in [0, 0.05) is 19.6 Å². The molecule has 0 aromatic rings. The Labute approximate surface area is 83.0 Å². The molecule has 0 aliphatic carbocycles. The molecule has 1 N–H and O–H groups in total. The minimum absolute atomic E-state index is 0.144. The van der Waals surface area contributed by atoms with Gasteiger partial charge in [-0.3, -0.25) is 9.69 Å². The predicted octanol–water partition coefficient (Wildman–Crippen LogP) is 0.765. The molecule has 1 aliphatic heterocycles. The maximum Gasteiger partial charge on any atom is 0.244 e. The van der Waals surface area contributed by atoms with Gasteiger partial charge in [-0.1, -0.05) is 6.08 Å². The summed E-state index contributed by atoms with van der Waals surface area (Å²) in [7, 11) is 0. The Kier molecular flexibility index (Phi) is 4.42. The van der Waals surface area contributed by atoms with Crippen LogP contribution in [0.1, 0.15) is 12.8 Å². The molecule has 1 fully saturated rings. The highest BCUT2D eigenvalue weighted by Crippen LogP contribution is 2.09. The summed E-state index contributed by atoms with van der Waals surface area (Å²) in [5, 5.41) is 8.79. The van der Waals surface area contributed by atoms with Gasteiger partial charge in [0.2, 0.25) is 5.24 Å². The molecule has 0 radical (unpaired) electrons. The second-order valence-electron chi connectivity index (χ2n) is 3.24. The number of nitrogens with zero attached hydrogens (tertiary/aromatic N) is 1. The summed E-state index contributed by atoms with van der Waals surface area (Å²) in [5.74, 6) is 0. The zero-order valence-corrected chi connectivity index (χ0v) is 8.20. The lowest BCUT2D eigenvalue weighted by molar-refractivity contribution is -0.107. The molecular weight excluding hydrogens is 190 g/mol. The molecule has 0 spiro atoms. The number of aliphatic hydroxyl groups is 1. The van der Waals surface area contributed by atoms with E-state index in [0.29, 0.717) is 0 Å². The van der Waals surface area contributed by atoms with Gasteiger partial charge in [0.25, 0.3) is 0 Å². The SMILES string of the molecule is O=C(Cl)/C=C/CN1CCC(O)CC1. The average molecular weight is 204 g/mol. The largest absolute Gasteiger partial charge is 0.393 e. The lowest BCUT2D eigenvalue weighted by Crippen LogP contribution is -2.35. The number of carbonyl (C=O) groups excluding carboxylic acids is 1. The summed E-state index contributed by atoms with van der Waals surface area (Å²) in [6.07, 6.45) is 4.63. The van der Waals surface area contributed by atoms with Crippen LogP contribution in [0.4, 0.5) is 0 Å². The lowest BCUT2D eigenvalue weighted by atomic mass is 10.1. The molecular formula is C9H14ClNO2. The van der Waals surface area contributed by atoms with Crippen LogP contribution in [-0.2, 0) is 4.79 Å². The van der Waals surface area contributed by atoms with Crippen molar-refractivity contribution in [2.45, 2.75) is 18.9 Å². The van der Waals surface area contributed by atoms with E-state index >= 15 is 0 Å². The number of rotatable bonds is 3. The van der Waals surface area contributed by atoms with Crippen molar-refractivity contribution in [3.8, 4) is 0 Å². The van der Waals surface area contributed by atoms with Gasteiger partial charge in [0.05, 0.1) is 6.10 Å². The summed E-state index contributed by atoms with van der Waals surface area (Å²) >= 11 is 5.13. The van der Waals surface area contributed by atoms with Crippen molar-refractivity contribution in [2.24, 2.45) is 0 Å². The van der Waals surface area contributed by atoms with E-state index in [-0.39, 0.29) is 6.10 Å². The highest BCUT2D eigenvalue weighted by molar-refractivity contribution is 6.66. The Morgan fingerprint density at radius 1 is 1.54 bits per heavy atom. The lowest BCUT2D eigenvalue weighted by Gasteiger charge is -2.28. The van der Waals surface area contributed by atoms with E-state index in [1.165, 1.54) is 6.08 Å². The van der Waals surface area contributed by atoms with Crippen LogP contribution in [-0.4, -0.2) is 41.0 Å². The van der Waals surface area contributed by atoms with Crippen molar-refractivity contribution in [1.29, 1.82) is 0 Å². The summed E-state index contributed by atoms with van der Waals surface area (Å²) < 4.78 is 0. The maximum absolute atomic E-state index is 10.4. The first-order valence-corrected chi connectivity index (χ1v) is 4.82. The summed E-state index contributed by atoms with van der Waals surface area (Å²) in [5.41, 5.74) is 0. The third kappa shape index (κ3) is 4.41. The monoisotopic (exact) mass is 203 g/mol. The van der Waals surface area contributed by atoms with Crippen LogP contribution in [0.5, 0.6) is 0 Å². The predicted molar refractivity (Wildman–Crippen MR) is 51.7 cm³/mol. The molecule has 1 aliphatic rings. The molecule has 4 heteroatoms. The molecule has 0 amide bonds. The van der Waals surface area contributed by atoms with Gasteiger partial charge >= 0.3 is 0 Å². The number of hydrogen-bond donors (Lipinski definition) is 1. The van der Waals surface area contributed by atoms with Crippen molar-refractivity contribution in [3.63, 3.8) is 0 Å². The number of hydrogen-bond acceptors (Lipinski definition) is 3. The molecule has 0 bridgehead atoms. The Balaban J connectivity index is 2.19. The minimum Gasteiger partial charge on any atom is -0.393 e. The molecule has 0 saturated carbocycles. The average Bonchev–Trinajstić information content (AvgIpc) is 2.08. The smallest absolute Gasteiger partial charge is 0.244 e. The Bertz CT molecular complexity index is 198. The molecule has 0 aromatic heterocycles. The summed E-state index contributed by atoms with van der Waals surface area (Å²) in [4.78, 5) is 12.5. The number of allylic oxidation sites excluding steroid dienone is 1. The first-order valence-electron chi connectivity index (χ1n) is 4.45. The van der Waals surface area contributed by atoms with Crippen LogP contribution >= 0.6 is 11.6 Å². The van der Waals surface area contributed by atoms with E-state index in [9.17, 15) is 9.90 Å². The van der Waals surface area contributed by atoms with Gasteiger partial charge in [0.15, 0.2) is 0 Å². The van der Waals surface area contributed by atoms with Gasteiger partial charge in [-0.2, -0.15) is 0 Å². The van der Waals surface area contributed by atoms with Gasteiger partial charge in [-0.25, -0.2) is 0 Å². The molecule has 1 rings (SSSR count). The zero-order valence-electron chi connectivity index (χ0n) is 7.45. The topological polar surface area (TPSA) is 40.5 Å². The van der Waals surface area contributed by atoms with Gasteiger partial charge < -0.3 is 5.11 Å². The molecule has 0 aromatic carbocycles. The minimum atomic E-state index is -0.433. The fraction of sp³-hybridized carbons (Fsp3) is 0.667. The molecule has 74 valence electrons. The highest BCUT2D eigenvalue weighted by atomic mass is 35.5. The van der Waals surface area contributed by atoms with E-state index < -0.39 is 5.24 Å². The fourth-order valence-corrected chi connectivity index (χ4v) is 1.49. The third-order valence-corrected chi connectivity index (χ3v) is 2.30. The summed E-state index contributed by atoms with van der Waals surface area (Å²) in [6, 6.07) is 0. The number of likely N-dealkylation sites (tertiary alicyclic amines) is 1. The van der Waals surface area contributed by atoms with E-state index in [2.05, 4.69) is 4.90 Å². The summed E-state index contributed by atoms with van der Waals surface area (Å²) in [6.45, 7) is 2.52. The van der Waals surface area contributed by atoms with Crippen LogP contribution in [0.15, 0.2) is 12.2 Å². The van der Waals surface area contributed by atoms with E-state index in [0.717, 1.165) is 32.5 Å². The van der Waals surface area contributed by atoms with Crippen LogP contribution in [0, 0.1) is 0 Å². The van der Waals surface area contributed by atoms with Crippen molar-refractivity contribution < 1.29 is 9.90 Å². The molecule has 3 nitrogen and oxygen atoms in total. The maximum atomic E-state index is 10.4. The van der Waals surface area contributed by atoms with Crippen molar-refractivity contribution in [1.82, 2.24) is 4.90 Å². The van der Waals surface area contributed by atoms with Crippen molar-refractivity contribution >= 4 is 16.8 Å². The number of carbonyl (C=O) groups is 1. The Morgan fingerprint density at radius 2 is 2.15 bits per heavy atom. The van der Waals surface area contributed by atoms with Crippen molar-refractivity contribution in [3.05, 3.63) is 12.2 Å². The Morgan fingerprint density at radius 3 is 2.69 bits per heavy atom. The van der Waals surface area contributed by atoms with Crippen LogP contribution in [0.3, 0.4) is 0 Å². The second-order valence-corrected chi connectivity index (χ2v) is 3.61. The number of halogens is 1.